The molecule has 0 aliphatic carbocycles. The van der Waals surface area contributed by atoms with Gasteiger partial charge in [0.15, 0.2) is 0 Å². The van der Waals surface area contributed by atoms with Crippen LogP contribution in [0, 0.1) is 43.1 Å². The fourth-order valence-electron chi connectivity index (χ4n) is 2.54. The van der Waals surface area contributed by atoms with Crippen LogP contribution >= 0.6 is 11.3 Å². The molecule has 1 aromatic carbocycles. The molecule has 0 aliphatic heterocycles. The largest absolute Gasteiger partial charge is 0.478 e. The van der Waals surface area contributed by atoms with E-state index in [2.05, 4.69) is 16.4 Å². The number of rotatable bonds is 8. The normalized spacial score (nSPS) is 13.0. The zero-order valence-electron chi connectivity index (χ0n) is 17.0. The van der Waals surface area contributed by atoms with E-state index >= 15 is 0 Å². The molecule has 0 saturated heterocycles. The van der Waals surface area contributed by atoms with E-state index in [4.69, 9.17) is 5.11 Å². The number of carboxylic acid groups (broad SMARTS) is 1. The van der Waals surface area contributed by atoms with Crippen molar-refractivity contribution in [2.75, 3.05) is 0 Å². The molecule has 29 heavy (non-hydrogen) atoms. The Morgan fingerprint density at radius 1 is 1.28 bits per heavy atom. The minimum atomic E-state index is -0.941. The number of carbonyl (C=O) groups excluding carboxylic acids is 1. The summed E-state index contributed by atoms with van der Waals surface area (Å²) in [7, 11) is 0. The van der Waals surface area contributed by atoms with Gasteiger partial charge in [0.2, 0.25) is 5.91 Å². The molecule has 2 N–H and O–H groups in total. The Labute approximate surface area is 199 Å². The Morgan fingerprint density at radius 2 is 1.93 bits per heavy atom. The van der Waals surface area contributed by atoms with Gasteiger partial charge in [0.05, 0.1) is 11.7 Å². The molecule has 1 amide bonds. The van der Waals surface area contributed by atoms with Crippen molar-refractivity contribution in [2.45, 2.75) is 40.2 Å². The second-order valence-electron chi connectivity index (χ2n) is 6.96. The van der Waals surface area contributed by atoms with E-state index in [9.17, 15) is 9.59 Å². The van der Waals surface area contributed by atoms with E-state index in [1.807, 2.05) is 56.5 Å². The molecule has 0 radical (unpaired) electrons. The molecular weight excluding hydrogens is 610 g/mol. The number of nitrogens with one attached hydrogen (secondary N) is 1. The molecule has 1 heterocycles. The summed E-state index contributed by atoms with van der Waals surface area (Å²) in [5.74, 6) is -1.07. The molecule has 0 aliphatic rings. The fourth-order valence-corrected chi connectivity index (χ4v) is 3.36. The van der Waals surface area contributed by atoms with E-state index in [1.54, 1.807) is 13.0 Å². The number of carbonyl (C=O) groups is 2. The van der Waals surface area contributed by atoms with E-state index in [0.29, 0.717) is 6.42 Å². The number of hydrogen-bond acceptors (Lipinski definition) is 4. The molecule has 0 saturated carbocycles. The zero-order valence-corrected chi connectivity index (χ0v) is 22.0. The number of allylic oxidation sites excluding steroid dienone is 2. The van der Waals surface area contributed by atoms with Gasteiger partial charge < -0.3 is 10.4 Å². The number of aromatic nitrogens is 1. The van der Waals surface area contributed by atoms with Crippen molar-refractivity contribution in [3.8, 4) is 0 Å². The van der Waals surface area contributed by atoms with Crippen LogP contribution in [0.4, 0.5) is 0 Å². The van der Waals surface area contributed by atoms with Crippen molar-refractivity contribution in [3.63, 3.8) is 0 Å². The first kappa shape index (κ1) is 25.4. The van der Waals surface area contributed by atoms with Crippen LogP contribution in [0.25, 0.3) is 6.08 Å². The number of aliphatic carboxylic acids is 1. The average Bonchev–Trinajstić information content (AvgIpc) is 3.09. The molecule has 152 valence electrons. The first-order valence-electron chi connectivity index (χ1n) is 9.07. The van der Waals surface area contributed by atoms with Crippen molar-refractivity contribution in [1.82, 2.24) is 10.3 Å². The van der Waals surface area contributed by atoms with E-state index in [0.717, 1.165) is 21.8 Å². The molecule has 0 fully saturated rings. The molecule has 0 unspecified atom stereocenters. The second kappa shape index (κ2) is 12.1. The zero-order chi connectivity index (χ0) is 20.7. The molecule has 1 atom stereocenters. The maximum atomic E-state index is 12.3. The van der Waals surface area contributed by atoms with Crippen LogP contribution in [0.15, 0.2) is 46.9 Å². The van der Waals surface area contributed by atoms with E-state index in [-0.39, 0.29) is 54.6 Å². The molecular formula is C22H25N2O3SU-. The Bertz CT molecular complexity index is 888. The summed E-state index contributed by atoms with van der Waals surface area (Å²) in [5.41, 5.74) is 2.92. The van der Waals surface area contributed by atoms with Crippen LogP contribution in [-0.2, 0) is 16.0 Å². The van der Waals surface area contributed by atoms with Crippen molar-refractivity contribution in [2.24, 2.45) is 5.92 Å². The minimum absolute atomic E-state index is 0. The van der Waals surface area contributed by atoms with Crippen LogP contribution in [0.1, 0.15) is 50.0 Å². The SMILES string of the molecule is C/C(=C/C(C)=C/c1csc([C@H](Cc2cc[c-]cc2)NC(=O)C(C)C)n1)C(=O)O.[U]. The second-order valence-corrected chi connectivity index (χ2v) is 7.85. The van der Waals surface area contributed by atoms with Gasteiger partial charge in [-0.05, 0) is 38.0 Å². The van der Waals surface area contributed by atoms with Gasteiger partial charge in [0.25, 0.3) is 0 Å². The third-order valence-corrected chi connectivity index (χ3v) is 5.04. The number of hydrogen-bond donors (Lipinski definition) is 2. The van der Waals surface area contributed by atoms with Gasteiger partial charge in [0, 0.05) is 48.0 Å². The molecule has 5 nitrogen and oxygen atoms in total. The average molecular weight is 636 g/mol. The molecule has 7 heteroatoms. The van der Waals surface area contributed by atoms with Gasteiger partial charge >= 0.3 is 5.97 Å². The van der Waals surface area contributed by atoms with Gasteiger partial charge in [-0.2, -0.15) is 35.9 Å². The Hall–Kier alpha value is -1.68. The van der Waals surface area contributed by atoms with Gasteiger partial charge in [0.1, 0.15) is 5.01 Å². The predicted octanol–water partition coefficient (Wildman–Crippen LogP) is 4.43. The molecule has 2 rings (SSSR count). The van der Waals surface area contributed by atoms with Crippen LogP contribution in [0.5, 0.6) is 0 Å². The van der Waals surface area contributed by atoms with Gasteiger partial charge in [-0.3, -0.25) is 4.79 Å². The number of amides is 1. The molecule has 2 aromatic rings. The number of benzene rings is 1. The summed E-state index contributed by atoms with van der Waals surface area (Å²) in [6.07, 6.45) is 4.09. The smallest absolute Gasteiger partial charge is 0.331 e. The third kappa shape index (κ3) is 8.30. The van der Waals surface area contributed by atoms with Crippen molar-refractivity contribution in [1.29, 1.82) is 0 Å². The van der Waals surface area contributed by atoms with Crippen LogP contribution in [0.3, 0.4) is 0 Å². The maximum Gasteiger partial charge on any atom is 0.331 e. The standard InChI is InChI=1S/C22H25N2O3S.U/c1-14(2)20(25)24-19(12-17-8-6-5-7-9-17)21-23-18(13-28-21)11-15(3)10-16(4)22(26)27;/h6-11,13-14,19H,12H2,1-4H3,(H,24,25)(H,26,27);/q-1;/b15-11+,16-10-;/t19-;/m0./s1. The van der Waals surface area contributed by atoms with Crippen LogP contribution in [0.2, 0.25) is 0 Å². The van der Waals surface area contributed by atoms with Crippen molar-refractivity contribution in [3.05, 3.63) is 69.2 Å². The summed E-state index contributed by atoms with van der Waals surface area (Å²) < 4.78 is 0. The summed E-state index contributed by atoms with van der Waals surface area (Å²) in [4.78, 5) is 27.9. The molecule has 0 bridgehead atoms. The summed E-state index contributed by atoms with van der Waals surface area (Å²) in [6, 6.07) is 10.4. The Balaban J connectivity index is 0.00000420. The van der Waals surface area contributed by atoms with Gasteiger partial charge in [-0.15, -0.1) is 11.3 Å². The molecule has 1 aromatic heterocycles. The minimum Gasteiger partial charge on any atom is -0.478 e. The quantitative estimate of drug-likeness (QED) is 0.256. The van der Waals surface area contributed by atoms with E-state index < -0.39 is 5.97 Å². The topological polar surface area (TPSA) is 79.3 Å². The van der Waals surface area contributed by atoms with Crippen LogP contribution in [-0.4, -0.2) is 22.0 Å². The fraction of sp³-hybridized carbons (Fsp3) is 0.318. The number of thiazole rings is 1. The summed E-state index contributed by atoms with van der Waals surface area (Å²) in [5, 5.41) is 14.8. The summed E-state index contributed by atoms with van der Waals surface area (Å²) >= 11 is 1.48. The van der Waals surface area contributed by atoms with Gasteiger partial charge in [-0.25, -0.2) is 9.78 Å². The maximum absolute atomic E-state index is 12.3. The number of nitrogens with zero attached hydrogens (tertiary/aromatic N) is 1. The monoisotopic (exact) mass is 635 g/mol. The van der Waals surface area contributed by atoms with Crippen molar-refractivity contribution >= 4 is 29.3 Å². The van der Waals surface area contributed by atoms with E-state index in [1.165, 1.54) is 11.3 Å². The van der Waals surface area contributed by atoms with Crippen molar-refractivity contribution < 1.29 is 45.8 Å². The Kier molecular flexibility index (Phi) is 10.6. The van der Waals surface area contributed by atoms with Gasteiger partial charge in [-0.1, -0.05) is 13.8 Å². The first-order chi connectivity index (χ1) is 13.3. The molecule has 0 spiro atoms. The number of carboxylic acids is 1. The predicted molar refractivity (Wildman–Crippen MR) is 112 cm³/mol. The van der Waals surface area contributed by atoms with Crippen LogP contribution < -0.4 is 5.32 Å². The third-order valence-electron chi connectivity index (χ3n) is 4.06. The first-order valence-corrected chi connectivity index (χ1v) is 9.95. The Morgan fingerprint density at radius 3 is 2.52 bits per heavy atom. The summed E-state index contributed by atoms with van der Waals surface area (Å²) in [6.45, 7) is 7.12.